The maximum Gasteiger partial charge on any atom is 0.227 e. The van der Waals surface area contributed by atoms with Crippen LogP contribution in [0.3, 0.4) is 0 Å². The molecule has 0 bridgehead atoms. The molecule has 2 aliphatic heterocycles. The molecule has 7 nitrogen and oxygen atoms in total. The fourth-order valence-electron chi connectivity index (χ4n) is 3.06. The van der Waals surface area contributed by atoms with Gasteiger partial charge in [-0.2, -0.15) is 4.37 Å². The summed E-state index contributed by atoms with van der Waals surface area (Å²) in [7, 11) is 1.68. The second-order valence-electron chi connectivity index (χ2n) is 5.96. The first kappa shape index (κ1) is 16.6. The van der Waals surface area contributed by atoms with Crippen LogP contribution in [0.1, 0.15) is 18.7 Å². The summed E-state index contributed by atoms with van der Waals surface area (Å²) >= 11 is 1.42. The van der Waals surface area contributed by atoms with Crippen molar-refractivity contribution in [3.8, 4) is 0 Å². The highest BCUT2D eigenvalue weighted by molar-refractivity contribution is 7.09. The molecule has 0 N–H and O–H groups in total. The number of amides is 1. The largest absolute Gasteiger partial charge is 0.384 e. The van der Waals surface area contributed by atoms with Crippen LogP contribution in [-0.4, -0.2) is 73.3 Å². The van der Waals surface area contributed by atoms with Gasteiger partial charge in [0.15, 0.2) is 0 Å². The number of piperidine rings is 1. The molecule has 23 heavy (non-hydrogen) atoms. The Morgan fingerprint density at radius 3 is 3.00 bits per heavy atom. The van der Waals surface area contributed by atoms with Crippen LogP contribution in [0.5, 0.6) is 0 Å². The quantitative estimate of drug-likeness (QED) is 0.790. The van der Waals surface area contributed by atoms with Crippen molar-refractivity contribution < 1.29 is 14.3 Å². The van der Waals surface area contributed by atoms with Gasteiger partial charge in [0.2, 0.25) is 11.0 Å². The Bertz CT molecular complexity index is 519. The van der Waals surface area contributed by atoms with E-state index < -0.39 is 0 Å². The molecule has 0 radical (unpaired) electrons. The highest BCUT2D eigenvalue weighted by atomic mass is 32.1. The number of hydrogen-bond donors (Lipinski definition) is 0. The van der Waals surface area contributed by atoms with E-state index in [0.29, 0.717) is 19.8 Å². The van der Waals surface area contributed by atoms with Crippen molar-refractivity contribution >= 4 is 22.6 Å². The third-order valence-electron chi connectivity index (χ3n) is 4.35. The summed E-state index contributed by atoms with van der Waals surface area (Å²) in [6.45, 7) is 5.07. The van der Waals surface area contributed by atoms with E-state index in [4.69, 9.17) is 9.47 Å². The molecular weight excluding hydrogens is 316 g/mol. The van der Waals surface area contributed by atoms with Crippen molar-refractivity contribution in [2.24, 2.45) is 5.92 Å². The molecule has 2 aliphatic rings. The molecule has 128 valence electrons. The van der Waals surface area contributed by atoms with Crippen LogP contribution in [0.15, 0.2) is 0 Å². The maximum atomic E-state index is 12.7. The lowest BCUT2D eigenvalue weighted by Crippen LogP contribution is -2.48. The van der Waals surface area contributed by atoms with Gasteiger partial charge in [0.1, 0.15) is 5.82 Å². The van der Waals surface area contributed by atoms with E-state index in [-0.39, 0.29) is 11.8 Å². The summed E-state index contributed by atoms with van der Waals surface area (Å²) in [5.74, 6) is 1.16. The zero-order chi connectivity index (χ0) is 16.1. The van der Waals surface area contributed by atoms with Gasteiger partial charge in [-0.25, -0.2) is 4.98 Å². The summed E-state index contributed by atoms with van der Waals surface area (Å²) < 4.78 is 14.8. The molecule has 1 unspecified atom stereocenters. The topological polar surface area (TPSA) is 67.8 Å². The number of rotatable bonds is 5. The Hall–Kier alpha value is -1.25. The third kappa shape index (κ3) is 4.19. The molecular formula is C15H24N4O3S. The minimum Gasteiger partial charge on any atom is -0.384 e. The lowest BCUT2D eigenvalue weighted by Gasteiger charge is -2.35. The number of hydrogen-bond acceptors (Lipinski definition) is 7. The zero-order valence-electron chi connectivity index (χ0n) is 13.6. The Balaban J connectivity index is 1.59. The van der Waals surface area contributed by atoms with E-state index in [1.54, 1.807) is 7.11 Å². The number of nitrogens with zero attached hydrogens (tertiary/aromatic N) is 4. The predicted octanol–water partition coefficient (Wildman–Crippen LogP) is 0.802. The summed E-state index contributed by atoms with van der Waals surface area (Å²) in [6, 6.07) is 0. The van der Waals surface area contributed by atoms with E-state index in [1.807, 2.05) is 4.90 Å². The lowest BCUT2D eigenvalue weighted by atomic mass is 9.96. The van der Waals surface area contributed by atoms with E-state index in [1.165, 1.54) is 11.5 Å². The molecule has 0 aliphatic carbocycles. The molecule has 0 aromatic carbocycles. The van der Waals surface area contributed by atoms with Crippen molar-refractivity contribution in [2.45, 2.75) is 19.3 Å². The lowest BCUT2D eigenvalue weighted by molar-refractivity contribution is -0.139. The van der Waals surface area contributed by atoms with Gasteiger partial charge < -0.3 is 19.3 Å². The Morgan fingerprint density at radius 1 is 1.39 bits per heavy atom. The maximum absolute atomic E-state index is 12.7. The molecule has 1 amide bonds. The fourth-order valence-corrected chi connectivity index (χ4v) is 3.81. The van der Waals surface area contributed by atoms with E-state index in [0.717, 1.165) is 56.4 Å². The number of ether oxygens (including phenoxy) is 2. The van der Waals surface area contributed by atoms with Gasteiger partial charge in [0, 0.05) is 51.2 Å². The van der Waals surface area contributed by atoms with Gasteiger partial charge >= 0.3 is 0 Å². The minimum absolute atomic E-state index is 0.0631. The number of methoxy groups -OCH3 is 1. The van der Waals surface area contributed by atoms with Crippen LogP contribution < -0.4 is 4.90 Å². The average molecular weight is 340 g/mol. The summed E-state index contributed by atoms with van der Waals surface area (Å²) in [5.41, 5.74) is 0. The van der Waals surface area contributed by atoms with Gasteiger partial charge in [0.05, 0.1) is 25.7 Å². The van der Waals surface area contributed by atoms with Crippen LogP contribution in [0.2, 0.25) is 0 Å². The standard InChI is InChI=1S/C15H24N4O3S/c1-21-8-4-13-16-15(23-17-13)19-5-2-3-12(11-19)14(20)18-6-9-22-10-7-18/h12H,2-11H2,1H3. The van der Waals surface area contributed by atoms with Crippen molar-refractivity contribution in [1.82, 2.24) is 14.3 Å². The summed E-state index contributed by atoms with van der Waals surface area (Å²) in [4.78, 5) is 21.4. The molecule has 1 aromatic rings. The second kappa shape index (κ2) is 8.03. The van der Waals surface area contributed by atoms with Crippen LogP contribution in [-0.2, 0) is 20.7 Å². The van der Waals surface area contributed by atoms with Gasteiger partial charge in [-0.05, 0) is 12.8 Å². The number of anilines is 1. The van der Waals surface area contributed by atoms with E-state index in [2.05, 4.69) is 14.3 Å². The number of aromatic nitrogens is 2. The smallest absolute Gasteiger partial charge is 0.227 e. The first-order chi connectivity index (χ1) is 11.3. The highest BCUT2D eigenvalue weighted by Crippen LogP contribution is 2.26. The Morgan fingerprint density at radius 2 is 2.22 bits per heavy atom. The van der Waals surface area contributed by atoms with Gasteiger partial charge in [-0.3, -0.25) is 4.79 Å². The van der Waals surface area contributed by atoms with Gasteiger partial charge in [-0.1, -0.05) is 0 Å². The van der Waals surface area contributed by atoms with Gasteiger partial charge in [-0.15, -0.1) is 0 Å². The van der Waals surface area contributed by atoms with E-state index in [9.17, 15) is 4.79 Å². The Labute approximate surface area is 140 Å². The normalized spacial score (nSPS) is 22.4. The predicted molar refractivity (Wildman–Crippen MR) is 87.8 cm³/mol. The molecule has 1 aromatic heterocycles. The van der Waals surface area contributed by atoms with Crippen molar-refractivity contribution in [3.05, 3.63) is 5.82 Å². The number of carbonyl (C=O) groups is 1. The molecule has 1 atom stereocenters. The van der Waals surface area contributed by atoms with Crippen LogP contribution >= 0.6 is 11.5 Å². The summed E-state index contributed by atoms with van der Waals surface area (Å²) in [6.07, 6.45) is 2.72. The molecule has 2 saturated heterocycles. The van der Waals surface area contributed by atoms with Crippen molar-refractivity contribution in [1.29, 1.82) is 0 Å². The molecule has 2 fully saturated rings. The minimum atomic E-state index is 0.0631. The van der Waals surface area contributed by atoms with Crippen LogP contribution in [0.4, 0.5) is 5.13 Å². The first-order valence-corrected chi connectivity index (χ1v) is 8.98. The monoisotopic (exact) mass is 340 g/mol. The van der Waals surface area contributed by atoms with Gasteiger partial charge in [0.25, 0.3) is 0 Å². The first-order valence-electron chi connectivity index (χ1n) is 8.21. The van der Waals surface area contributed by atoms with Crippen LogP contribution in [0, 0.1) is 5.92 Å². The molecule has 8 heteroatoms. The second-order valence-corrected chi connectivity index (χ2v) is 6.69. The number of carbonyl (C=O) groups excluding carboxylic acids is 1. The SMILES string of the molecule is COCCc1nsc(N2CCCC(C(=O)N3CCOCC3)C2)n1. The van der Waals surface area contributed by atoms with E-state index >= 15 is 0 Å². The molecule has 3 heterocycles. The Kier molecular flexibility index (Phi) is 5.80. The average Bonchev–Trinajstić information content (AvgIpc) is 3.09. The third-order valence-corrected chi connectivity index (χ3v) is 5.17. The van der Waals surface area contributed by atoms with Crippen LogP contribution in [0.25, 0.3) is 0 Å². The molecule has 3 rings (SSSR count). The summed E-state index contributed by atoms with van der Waals surface area (Å²) in [5, 5.41) is 0.926. The highest BCUT2D eigenvalue weighted by Gasteiger charge is 2.31. The molecule has 0 saturated carbocycles. The fraction of sp³-hybridized carbons (Fsp3) is 0.800. The zero-order valence-corrected chi connectivity index (χ0v) is 14.4. The van der Waals surface area contributed by atoms with Crippen molar-refractivity contribution in [3.63, 3.8) is 0 Å². The molecule has 0 spiro atoms. The number of morpholine rings is 1. The van der Waals surface area contributed by atoms with Crippen molar-refractivity contribution in [2.75, 3.05) is 58.0 Å².